The van der Waals surface area contributed by atoms with Crippen LogP contribution < -0.4 is 4.90 Å². The van der Waals surface area contributed by atoms with Crippen molar-refractivity contribution in [1.82, 2.24) is 9.88 Å². The molecule has 3 aliphatic heterocycles. The van der Waals surface area contributed by atoms with E-state index >= 15 is 0 Å². The van der Waals surface area contributed by atoms with Crippen LogP contribution in [0.4, 0.5) is 19.0 Å². The number of likely N-dealkylation sites (tertiary alicyclic amines) is 1. The molecule has 144 valence electrons. The molecule has 0 radical (unpaired) electrons. The Labute approximate surface area is 154 Å². The van der Waals surface area contributed by atoms with Crippen molar-refractivity contribution in [3.8, 4) is 0 Å². The summed E-state index contributed by atoms with van der Waals surface area (Å²) in [5.74, 6) is 2.39. The number of hydrogen-bond donors (Lipinski definition) is 0. The van der Waals surface area contributed by atoms with E-state index < -0.39 is 22.9 Å². The maximum atomic E-state index is 12.8. The lowest BCUT2D eigenvalue weighted by Gasteiger charge is -2.41. The van der Waals surface area contributed by atoms with Gasteiger partial charge in [0.15, 0.2) is 0 Å². The fourth-order valence-electron chi connectivity index (χ4n) is 4.65. The highest BCUT2D eigenvalue weighted by Gasteiger charge is 2.53. The molecule has 0 unspecified atom stereocenters. The van der Waals surface area contributed by atoms with E-state index in [4.69, 9.17) is 0 Å². The number of halogens is 3. The quantitative estimate of drug-likeness (QED) is 0.732. The molecule has 0 atom stereocenters. The number of pyridine rings is 1. The van der Waals surface area contributed by atoms with Crippen molar-refractivity contribution in [2.24, 2.45) is 5.41 Å². The van der Waals surface area contributed by atoms with Crippen molar-refractivity contribution in [1.29, 1.82) is 0 Å². The molecule has 0 aliphatic carbocycles. The van der Waals surface area contributed by atoms with Crippen LogP contribution >= 0.6 is 0 Å². The van der Waals surface area contributed by atoms with Gasteiger partial charge in [0.25, 0.3) is 0 Å². The second-order valence-corrected chi connectivity index (χ2v) is 9.49. The molecule has 4 heterocycles. The number of nitrogens with zero attached hydrogens (tertiary/aromatic N) is 3. The van der Waals surface area contributed by atoms with Crippen molar-refractivity contribution in [2.75, 3.05) is 42.6 Å². The third-order valence-electron chi connectivity index (χ3n) is 6.06. The largest absolute Gasteiger partial charge is 0.616 e. The van der Waals surface area contributed by atoms with E-state index in [1.807, 2.05) is 0 Å². The van der Waals surface area contributed by atoms with Gasteiger partial charge in [-0.3, -0.25) is 4.90 Å². The molecule has 0 N–H and O–H groups in total. The van der Waals surface area contributed by atoms with Crippen molar-refractivity contribution >= 4 is 17.0 Å². The second-order valence-electron chi connectivity index (χ2n) is 8.03. The normalized spacial score (nSPS) is 30.8. The first-order valence-electron chi connectivity index (χ1n) is 9.14. The third kappa shape index (κ3) is 3.43. The fourth-order valence-corrected chi connectivity index (χ4v) is 6.41. The standard InChI is InChI=1S/C18H24F3N3OS/c1-13-8-14(18(19,20)21)9-22-16(13)23-5-2-15(3-6-23)24-7-4-17(10-24)11-26(25)12-17/h8-9,15H,2-7,10-12H2,1H3. The monoisotopic (exact) mass is 387 g/mol. The zero-order chi connectivity index (χ0) is 18.5. The summed E-state index contributed by atoms with van der Waals surface area (Å²) in [4.78, 5) is 8.75. The Morgan fingerprint density at radius 2 is 1.92 bits per heavy atom. The Morgan fingerprint density at radius 3 is 2.50 bits per heavy atom. The van der Waals surface area contributed by atoms with Gasteiger partial charge in [-0.05, 0) is 44.4 Å². The molecule has 26 heavy (non-hydrogen) atoms. The predicted octanol–water partition coefficient (Wildman–Crippen LogP) is 2.83. The van der Waals surface area contributed by atoms with Crippen LogP contribution in [0.1, 0.15) is 30.4 Å². The van der Waals surface area contributed by atoms with Gasteiger partial charge in [-0.15, -0.1) is 0 Å². The number of aromatic nitrogens is 1. The van der Waals surface area contributed by atoms with E-state index in [-0.39, 0.29) is 0 Å². The summed E-state index contributed by atoms with van der Waals surface area (Å²) in [7, 11) is 0. The number of aryl methyl sites for hydroxylation is 1. The second kappa shape index (κ2) is 6.56. The van der Waals surface area contributed by atoms with Crippen molar-refractivity contribution in [3.05, 3.63) is 23.4 Å². The Hall–Kier alpha value is -0.990. The molecule has 3 aliphatic rings. The molecule has 3 saturated heterocycles. The summed E-state index contributed by atoms with van der Waals surface area (Å²) in [6.45, 7) is 5.48. The van der Waals surface area contributed by atoms with Gasteiger partial charge < -0.3 is 9.45 Å². The number of rotatable bonds is 2. The van der Waals surface area contributed by atoms with Crippen LogP contribution in [0, 0.1) is 12.3 Å². The average molecular weight is 387 g/mol. The number of piperidine rings is 1. The molecule has 4 nitrogen and oxygen atoms in total. The molecular formula is C18H24F3N3OS. The molecule has 1 aromatic rings. The van der Waals surface area contributed by atoms with Gasteiger partial charge in [-0.25, -0.2) is 4.98 Å². The molecule has 1 aromatic heterocycles. The fraction of sp³-hybridized carbons (Fsp3) is 0.722. The zero-order valence-corrected chi connectivity index (χ0v) is 15.7. The number of alkyl halides is 3. The Balaban J connectivity index is 1.35. The minimum atomic E-state index is -4.35. The van der Waals surface area contributed by atoms with E-state index in [1.54, 1.807) is 6.92 Å². The van der Waals surface area contributed by atoms with Crippen molar-refractivity contribution < 1.29 is 17.7 Å². The summed E-state index contributed by atoms with van der Waals surface area (Å²) >= 11 is -0.606. The molecule has 0 saturated carbocycles. The lowest BCUT2D eigenvalue weighted by Crippen LogP contribution is -2.52. The summed E-state index contributed by atoms with van der Waals surface area (Å²) < 4.78 is 49.9. The number of anilines is 1. The molecule has 8 heteroatoms. The van der Waals surface area contributed by atoms with Crippen molar-refractivity contribution in [2.45, 2.75) is 38.4 Å². The first-order valence-corrected chi connectivity index (χ1v) is 10.6. The topological polar surface area (TPSA) is 42.4 Å². The number of hydrogen-bond acceptors (Lipinski definition) is 4. The van der Waals surface area contributed by atoms with E-state index in [2.05, 4.69) is 14.8 Å². The van der Waals surface area contributed by atoms with Crippen LogP contribution in [0.25, 0.3) is 0 Å². The van der Waals surface area contributed by atoms with Gasteiger partial charge in [-0.2, -0.15) is 13.2 Å². The first-order chi connectivity index (χ1) is 12.3. The van der Waals surface area contributed by atoms with Crippen LogP contribution in [0.15, 0.2) is 12.3 Å². The summed E-state index contributed by atoms with van der Waals surface area (Å²) in [6.07, 6.45) is -0.253. The van der Waals surface area contributed by atoms with Gasteiger partial charge in [-0.1, -0.05) is 11.2 Å². The van der Waals surface area contributed by atoms with Gasteiger partial charge >= 0.3 is 6.18 Å². The van der Waals surface area contributed by atoms with Crippen LogP contribution in [-0.2, 0) is 17.4 Å². The average Bonchev–Trinajstić information content (AvgIpc) is 2.99. The van der Waals surface area contributed by atoms with E-state index in [0.717, 1.165) is 63.1 Å². The lowest BCUT2D eigenvalue weighted by atomic mass is 9.91. The Kier molecular flexibility index (Phi) is 4.64. The zero-order valence-electron chi connectivity index (χ0n) is 14.9. The van der Waals surface area contributed by atoms with Gasteiger partial charge in [0.05, 0.1) is 11.0 Å². The van der Waals surface area contributed by atoms with Crippen LogP contribution in [0.3, 0.4) is 0 Å². The smallest absolute Gasteiger partial charge is 0.417 e. The molecular weight excluding hydrogens is 363 g/mol. The van der Waals surface area contributed by atoms with Gasteiger partial charge in [0.2, 0.25) is 0 Å². The van der Waals surface area contributed by atoms with E-state index in [1.165, 1.54) is 6.07 Å². The highest BCUT2D eigenvalue weighted by atomic mass is 32.2. The van der Waals surface area contributed by atoms with Gasteiger partial charge in [0.1, 0.15) is 17.3 Å². The Morgan fingerprint density at radius 1 is 1.23 bits per heavy atom. The van der Waals surface area contributed by atoms with Crippen LogP contribution in [0.2, 0.25) is 0 Å². The SMILES string of the molecule is Cc1cc(C(F)(F)F)cnc1N1CCC(N2CCC3(C2)C[S+]([O-])C3)CC1. The molecule has 4 rings (SSSR count). The minimum Gasteiger partial charge on any atom is -0.616 e. The molecule has 0 aromatic carbocycles. The molecule has 1 spiro atoms. The maximum absolute atomic E-state index is 12.8. The maximum Gasteiger partial charge on any atom is 0.417 e. The minimum absolute atomic E-state index is 0.299. The summed E-state index contributed by atoms with van der Waals surface area (Å²) in [5.41, 5.74) is 0.192. The first kappa shape index (κ1) is 18.4. The summed E-state index contributed by atoms with van der Waals surface area (Å²) in [6, 6.07) is 1.71. The van der Waals surface area contributed by atoms with Crippen molar-refractivity contribution in [3.63, 3.8) is 0 Å². The van der Waals surface area contributed by atoms with E-state index in [9.17, 15) is 17.7 Å². The van der Waals surface area contributed by atoms with Crippen LogP contribution in [0.5, 0.6) is 0 Å². The molecule has 0 amide bonds. The predicted molar refractivity (Wildman–Crippen MR) is 95.7 cm³/mol. The Bertz CT molecular complexity index is 670. The molecule has 0 bridgehead atoms. The lowest BCUT2D eigenvalue weighted by molar-refractivity contribution is -0.137. The van der Waals surface area contributed by atoms with E-state index in [0.29, 0.717) is 22.8 Å². The molecule has 3 fully saturated rings. The van der Waals surface area contributed by atoms with Gasteiger partial charge in [0, 0.05) is 31.9 Å². The summed E-state index contributed by atoms with van der Waals surface area (Å²) in [5, 5.41) is 0. The highest BCUT2D eigenvalue weighted by Crippen LogP contribution is 2.43. The highest BCUT2D eigenvalue weighted by molar-refractivity contribution is 7.92. The van der Waals surface area contributed by atoms with Crippen LogP contribution in [-0.4, -0.2) is 58.2 Å². The third-order valence-corrected chi connectivity index (χ3v) is 7.93.